The lowest BCUT2D eigenvalue weighted by Crippen LogP contribution is -2.27. The second kappa shape index (κ2) is 11.2. The van der Waals surface area contributed by atoms with E-state index in [1.807, 2.05) is 12.1 Å². The van der Waals surface area contributed by atoms with Crippen LogP contribution < -0.4 is 14.8 Å². The molecule has 7 nitrogen and oxygen atoms in total. The molecule has 1 aliphatic heterocycles. The number of rotatable bonds is 11. The van der Waals surface area contributed by atoms with Crippen LogP contribution in [0.3, 0.4) is 0 Å². The Kier molecular flexibility index (Phi) is 8.31. The van der Waals surface area contributed by atoms with Gasteiger partial charge in [-0.2, -0.15) is 4.31 Å². The van der Waals surface area contributed by atoms with Gasteiger partial charge in [-0.3, -0.25) is 4.79 Å². The Morgan fingerprint density at radius 2 is 1.68 bits per heavy atom. The van der Waals surface area contributed by atoms with Crippen LogP contribution in [0, 0.1) is 0 Å². The van der Waals surface area contributed by atoms with Crippen LogP contribution in [0.5, 0.6) is 11.5 Å². The van der Waals surface area contributed by atoms with Crippen LogP contribution in [-0.2, 0) is 14.8 Å². The Bertz CT molecular complexity index is 954. The molecule has 1 amide bonds. The van der Waals surface area contributed by atoms with E-state index in [2.05, 4.69) is 12.2 Å². The highest BCUT2D eigenvalue weighted by Gasteiger charge is 2.26. The average Bonchev–Trinajstić information content (AvgIpc) is 3.32. The number of nitrogens with one attached hydrogen (secondary N) is 1. The van der Waals surface area contributed by atoms with Gasteiger partial charge in [-0.1, -0.05) is 25.8 Å². The van der Waals surface area contributed by atoms with Crippen LogP contribution in [-0.4, -0.2) is 44.9 Å². The van der Waals surface area contributed by atoms with Crippen LogP contribution in [0.25, 0.3) is 0 Å². The van der Waals surface area contributed by atoms with E-state index < -0.39 is 10.0 Å². The van der Waals surface area contributed by atoms with E-state index in [4.69, 9.17) is 9.47 Å². The van der Waals surface area contributed by atoms with Gasteiger partial charge in [0, 0.05) is 24.8 Å². The van der Waals surface area contributed by atoms with E-state index in [1.54, 1.807) is 24.3 Å². The minimum absolute atomic E-state index is 0.160. The van der Waals surface area contributed by atoms with Crippen molar-refractivity contribution in [2.45, 2.75) is 43.9 Å². The smallest absolute Gasteiger partial charge is 0.262 e. The first-order valence-electron chi connectivity index (χ1n) is 10.7. The van der Waals surface area contributed by atoms with Crippen molar-refractivity contribution in [3.8, 4) is 11.5 Å². The molecule has 1 saturated heterocycles. The van der Waals surface area contributed by atoms with Crippen molar-refractivity contribution < 1.29 is 22.7 Å². The van der Waals surface area contributed by atoms with Crippen molar-refractivity contribution in [1.82, 2.24) is 4.31 Å². The van der Waals surface area contributed by atoms with E-state index in [9.17, 15) is 13.2 Å². The summed E-state index contributed by atoms with van der Waals surface area (Å²) in [5.74, 6) is 0.934. The minimum atomic E-state index is -3.46. The fourth-order valence-corrected chi connectivity index (χ4v) is 4.85. The molecule has 0 radical (unpaired) electrons. The fourth-order valence-electron chi connectivity index (χ4n) is 3.33. The van der Waals surface area contributed by atoms with E-state index >= 15 is 0 Å². The molecule has 2 aromatic carbocycles. The second-order valence-electron chi connectivity index (χ2n) is 7.50. The zero-order valence-corrected chi connectivity index (χ0v) is 18.7. The van der Waals surface area contributed by atoms with E-state index in [1.165, 1.54) is 16.4 Å². The normalized spacial score (nSPS) is 14.4. The Morgan fingerprint density at radius 1 is 1.00 bits per heavy atom. The predicted octanol–water partition coefficient (Wildman–Crippen LogP) is 4.06. The molecule has 1 aliphatic rings. The van der Waals surface area contributed by atoms with Crippen molar-refractivity contribution in [3.63, 3.8) is 0 Å². The molecule has 0 aliphatic carbocycles. The topological polar surface area (TPSA) is 84.9 Å². The number of carbonyl (C=O) groups excluding carboxylic acids is 1. The lowest BCUT2D eigenvalue weighted by molar-refractivity contribution is -0.118. The number of ether oxygens (including phenoxy) is 2. The van der Waals surface area contributed by atoms with Gasteiger partial charge in [-0.25, -0.2) is 8.42 Å². The first-order valence-corrected chi connectivity index (χ1v) is 12.2. The van der Waals surface area contributed by atoms with E-state index in [0.29, 0.717) is 36.9 Å². The van der Waals surface area contributed by atoms with Crippen molar-refractivity contribution in [1.29, 1.82) is 0 Å². The van der Waals surface area contributed by atoms with Crippen molar-refractivity contribution in [2.75, 3.05) is 31.6 Å². The Hall–Kier alpha value is -2.58. The number of unbranched alkanes of at least 4 members (excludes halogenated alkanes) is 2. The van der Waals surface area contributed by atoms with Gasteiger partial charge in [-0.05, 0) is 55.7 Å². The summed E-state index contributed by atoms with van der Waals surface area (Å²) in [6.45, 7) is 3.75. The van der Waals surface area contributed by atoms with Gasteiger partial charge in [0.1, 0.15) is 11.5 Å². The van der Waals surface area contributed by atoms with Crippen LogP contribution in [0.1, 0.15) is 39.0 Å². The summed E-state index contributed by atoms with van der Waals surface area (Å²) in [7, 11) is -3.46. The molecule has 1 N–H and O–H groups in total. The summed E-state index contributed by atoms with van der Waals surface area (Å²) in [6.07, 6.45) is 5.05. The number of anilines is 1. The van der Waals surface area contributed by atoms with E-state index in [0.717, 1.165) is 32.1 Å². The molecule has 0 unspecified atom stereocenters. The largest absolute Gasteiger partial charge is 0.493 e. The third-order valence-corrected chi connectivity index (χ3v) is 6.95. The average molecular weight is 447 g/mol. The number of hydrogen-bond acceptors (Lipinski definition) is 5. The molecule has 1 fully saturated rings. The first-order chi connectivity index (χ1) is 15.0. The van der Waals surface area contributed by atoms with Gasteiger partial charge < -0.3 is 14.8 Å². The highest BCUT2D eigenvalue weighted by Crippen LogP contribution is 2.23. The molecule has 0 bridgehead atoms. The first kappa shape index (κ1) is 23.1. The summed E-state index contributed by atoms with van der Waals surface area (Å²) in [5, 5.41) is 2.72. The van der Waals surface area contributed by atoms with Crippen LogP contribution in [0.15, 0.2) is 53.4 Å². The Balaban J connectivity index is 1.48. The van der Waals surface area contributed by atoms with Crippen molar-refractivity contribution in [3.05, 3.63) is 48.5 Å². The Labute approximate surface area is 184 Å². The molecule has 0 atom stereocenters. The van der Waals surface area contributed by atoms with Gasteiger partial charge in [0.05, 0.1) is 11.5 Å². The monoisotopic (exact) mass is 446 g/mol. The van der Waals surface area contributed by atoms with Gasteiger partial charge in [0.15, 0.2) is 6.61 Å². The van der Waals surface area contributed by atoms with Gasteiger partial charge in [-0.15, -0.1) is 0 Å². The van der Waals surface area contributed by atoms with E-state index in [-0.39, 0.29) is 17.4 Å². The van der Waals surface area contributed by atoms with Crippen LogP contribution in [0.2, 0.25) is 0 Å². The predicted molar refractivity (Wildman–Crippen MR) is 120 cm³/mol. The van der Waals surface area contributed by atoms with Gasteiger partial charge in [0.2, 0.25) is 10.0 Å². The van der Waals surface area contributed by atoms with Crippen molar-refractivity contribution in [2.24, 2.45) is 0 Å². The number of amides is 1. The SMILES string of the molecule is CCCCCOc1cccc(OCC(=O)Nc2ccc(S(=O)(=O)N3CCCC3)cc2)c1. The van der Waals surface area contributed by atoms with Crippen LogP contribution >= 0.6 is 0 Å². The molecular formula is C23H30N2O5S. The molecule has 31 heavy (non-hydrogen) atoms. The maximum atomic E-state index is 12.6. The molecule has 0 spiro atoms. The van der Waals surface area contributed by atoms with Gasteiger partial charge >= 0.3 is 0 Å². The maximum absolute atomic E-state index is 12.6. The number of benzene rings is 2. The molecule has 3 rings (SSSR count). The standard InChI is InChI=1S/C23H30N2O5S/c1-2-3-6-16-29-20-8-7-9-21(17-20)30-18-23(26)24-19-10-12-22(13-11-19)31(27,28)25-14-4-5-15-25/h7-13,17H,2-6,14-16,18H2,1H3,(H,24,26). The summed E-state index contributed by atoms with van der Waals surface area (Å²) < 4.78 is 37.9. The molecular weight excluding hydrogens is 416 g/mol. The third kappa shape index (κ3) is 6.70. The maximum Gasteiger partial charge on any atom is 0.262 e. The lowest BCUT2D eigenvalue weighted by atomic mass is 10.3. The minimum Gasteiger partial charge on any atom is -0.493 e. The summed E-state index contributed by atoms with van der Waals surface area (Å²) in [6, 6.07) is 13.4. The quantitative estimate of drug-likeness (QED) is 0.526. The zero-order chi connectivity index (χ0) is 22.1. The number of sulfonamides is 1. The molecule has 0 aromatic heterocycles. The highest BCUT2D eigenvalue weighted by molar-refractivity contribution is 7.89. The van der Waals surface area contributed by atoms with Crippen molar-refractivity contribution >= 4 is 21.6 Å². The Morgan fingerprint density at radius 3 is 2.35 bits per heavy atom. The third-order valence-electron chi connectivity index (χ3n) is 5.03. The number of hydrogen-bond donors (Lipinski definition) is 1. The summed E-state index contributed by atoms with van der Waals surface area (Å²) in [4.78, 5) is 12.4. The summed E-state index contributed by atoms with van der Waals surface area (Å²) in [5.41, 5.74) is 0.516. The number of nitrogens with zero attached hydrogens (tertiary/aromatic N) is 1. The second-order valence-corrected chi connectivity index (χ2v) is 9.44. The molecule has 1 heterocycles. The molecule has 168 valence electrons. The highest BCUT2D eigenvalue weighted by atomic mass is 32.2. The zero-order valence-electron chi connectivity index (χ0n) is 17.9. The summed E-state index contributed by atoms with van der Waals surface area (Å²) >= 11 is 0. The molecule has 8 heteroatoms. The molecule has 0 saturated carbocycles. The van der Waals surface area contributed by atoms with Crippen LogP contribution in [0.4, 0.5) is 5.69 Å². The molecule has 2 aromatic rings. The number of carbonyl (C=O) groups is 1. The fraction of sp³-hybridized carbons (Fsp3) is 0.435. The lowest BCUT2D eigenvalue weighted by Gasteiger charge is -2.15. The van der Waals surface area contributed by atoms with Gasteiger partial charge in [0.25, 0.3) is 5.91 Å².